The Balaban J connectivity index is 1.89. The highest BCUT2D eigenvalue weighted by molar-refractivity contribution is 7.91. The Hall–Kier alpha value is -1.11. The lowest BCUT2D eigenvalue weighted by atomic mass is 9.96. The van der Waals surface area contributed by atoms with Gasteiger partial charge in [0.2, 0.25) is 5.91 Å². The van der Waals surface area contributed by atoms with E-state index < -0.39 is 9.84 Å². The van der Waals surface area contributed by atoms with E-state index in [0.29, 0.717) is 17.4 Å². The summed E-state index contributed by atoms with van der Waals surface area (Å²) in [6.07, 6.45) is 0.499. The van der Waals surface area contributed by atoms with Crippen molar-refractivity contribution in [1.82, 2.24) is 10.6 Å². The highest BCUT2D eigenvalue weighted by atomic mass is 35.5. The van der Waals surface area contributed by atoms with Crippen molar-refractivity contribution in [3.63, 3.8) is 0 Å². The second-order valence-corrected chi connectivity index (χ2v) is 8.99. The van der Waals surface area contributed by atoms with Crippen molar-refractivity contribution in [3.05, 3.63) is 34.9 Å². The number of sulfone groups is 1. The SMILES string of the molecule is CC(C)[C@H](NCC(=O)N[C@@H]1CCS(=O)(=O)C1)c1ccc(Cl)cc1. The van der Waals surface area contributed by atoms with E-state index in [2.05, 4.69) is 24.5 Å². The maximum atomic E-state index is 12.0. The van der Waals surface area contributed by atoms with Crippen molar-refractivity contribution < 1.29 is 13.2 Å². The summed E-state index contributed by atoms with van der Waals surface area (Å²) >= 11 is 5.91. The number of amides is 1. The van der Waals surface area contributed by atoms with Crippen molar-refractivity contribution in [2.24, 2.45) is 5.92 Å². The summed E-state index contributed by atoms with van der Waals surface area (Å²) in [7, 11) is -2.98. The summed E-state index contributed by atoms with van der Waals surface area (Å²) in [6, 6.07) is 7.32. The standard InChI is InChI=1S/C16H23ClN2O3S/c1-11(2)16(12-3-5-13(17)6-4-12)18-9-15(20)19-14-7-8-23(21,22)10-14/h3-6,11,14,16,18H,7-10H2,1-2H3,(H,19,20)/t14-,16+/m1/s1. The minimum atomic E-state index is -2.98. The van der Waals surface area contributed by atoms with Crippen LogP contribution in [-0.4, -0.2) is 38.4 Å². The molecular formula is C16H23ClN2O3S. The van der Waals surface area contributed by atoms with Crippen LogP contribution in [0.3, 0.4) is 0 Å². The Morgan fingerprint density at radius 3 is 2.48 bits per heavy atom. The number of carbonyl (C=O) groups excluding carboxylic acids is 1. The molecule has 1 aromatic rings. The molecule has 0 spiro atoms. The number of nitrogens with one attached hydrogen (secondary N) is 2. The quantitative estimate of drug-likeness (QED) is 0.814. The Morgan fingerprint density at radius 1 is 1.30 bits per heavy atom. The Bertz CT molecular complexity index is 644. The van der Waals surface area contributed by atoms with Crippen LogP contribution in [0.4, 0.5) is 0 Å². The first-order valence-corrected chi connectivity index (χ1v) is 9.95. The molecule has 1 heterocycles. The molecule has 0 bridgehead atoms. The van der Waals surface area contributed by atoms with Crippen molar-refractivity contribution in [1.29, 1.82) is 0 Å². The first-order chi connectivity index (χ1) is 10.8. The molecule has 2 N–H and O–H groups in total. The van der Waals surface area contributed by atoms with Gasteiger partial charge in [-0.05, 0) is 30.0 Å². The van der Waals surface area contributed by atoms with Gasteiger partial charge in [0.15, 0.2) is 9.84 Å². The van der Waals surface area contributed by atoms with Gasteiger partial charge in [-0.25, -0.2) is 8.42 Å². The molecule has 5 nitrogen and oxygen atoms in total. The van der Waals surface area contributed by atoms with Gasteiger partial charge in [0.05, 0.1) is 18.1 Å². The topological polar surface area (TPSA) is 75.3 Å². The van der Waals surface area contributed by atoms with Gasteiger partial charge in [-0.2, -0.15) is 0 Å². The molecule has 0 saturated carbocycles. The highest BCUT2D eigenvalue weighted by Crippen LogP contribution is 2.23. The number of halogens is 1. The largest absolute Gasteiger partial charge is 0.351 e. The molecule has 1 aliphatic rings. The lowest BCUT2D eigenvalue weighted by Gasteiger charge is -2.23. The number of hydrogen-bond donors (Lipinski definition) is 2. The number of hydrogen-bond acceptors (Lipinski definition) is 4. The molecule has 1 fully saturated rings. The molecular weight excluding hydrogens is 336 g/mol. The van der Waals surface area contributed by atoms with Gasteiger partial charge < -0.3 is 10.6 Å². The van der Waals surface area contributed by atoms with Crippen LogP contribution in [0.25, 0.3) is 0 Å². The normalized spacial score (nSPS) is 21.3. The molecule has 1 aromatic carbocycles. The summed E-state index contributed by atoms with van der Waals surface area (Å²) in [5.41, 5.74) is 1.07. The summed E-state index contributed by atoms with van der Waals surface area (Å²) in [5.74, 6) is 0.330. The van der Waals surface area contributed by atoms with Crippen LogP contribution in [0.1, 0.15) is 31.9 Å². The van der Waals surface area contributed by atoms with E-state index in [-0.39, 0.29) is 36.0 Å². The first-order valence-electron chi connectivity index (χ1n) is 7.75. The zero-order valence-electron chi connectivity index (χ0n) is 13.4. The predicted octanol–water partition coefficient (Wildman–Crippen LogP) is 1.93. The fraction of sp³-hybridized carbons (Fsp3) is 0.562. The lowest BCUT2D eigenvalue weighted by Crippen LogP contribution is -2.42. The van der Waals surface area contributed by atoms with E-state index in [0.717, 1.165) is 5.56 Å². The third-order valence-electron chi connectivity index (χ3n) is 3.98. The maximum Gasteiger partial charge on any atom is 0.234 e. The summed E-state index contributed by atoms with van der Waals surface area (Å²) in [4.78, 5) is 12.0. The molecule has 1 aliphatic heterocycles. The highest BCUT2D eigenvalue weighted by Gasteiger charge is 2.29. The second kappa shape index (κ2) is 7.64. The molecule has 2 atom stereocenters. The van der Waals surface area contributed by atoms with Crippen molar-refractivity contribution >= 4 is 27.3 Å². The minimum absolute atomic E-state index is 0.0327. The Kier molecular flexibility index (Phi) is 6.06. The molecule has 1 saturated heterocycles. The average molecular weight is 359 g/mol. The molecule has 0 unspecified atom stereocenters. The Morgan fingerprint density at radius 2 is 1.96 bits per heavy atom. The van der Waals surface area contributed by atoms with Crippen LogP contribution in [0.15, 0.2) is 24.3 Å². The van der Waals surface area contributed by atoms with E-state index in [1.54, 1.807) is 0 Å². The average Bonchev–Trinajstić information content (AvgIpc) is 2.79. The van der Waals surface area contributed by atoms with Crippen LogP contribution < -0.4 is 10.6 Å². The third kappa shape index (κ3) is 5.48. The van der Waals surface area contributed by atoms with Crippen molar-refractivity contribution in [2.45, 2.75) is 32.4 Å². The van der Waals surface area contributed by atoms with Crippen LogP contribution in [0, 0.1) is 5.92 Å². The number of benzene rings is 1. The van der Waals surface area contributed by atoms with Gasteiger partial charge in [0.1, 0.15) is 0 Å². The molecule has 0 radical (unpaired) electrons. The van der Waals surface area contributed by atoms with Crippen LogP contribution in [0.2, 0.25) is 5.02 Å². The van der Waals surface area contributed by atoms with Gasteiger partial charge in [-0.1, -0.05) is 37.6 Å². The van der Waals surface area contributed by atoms with Gasteiger partial charge in [0, 0.05) is 17.1 Å². The summed E-state index contributed by atoms with van der Waals surface area (Å²) < 4.78 is 22.8. The van der Waals surface area contributed by atoms with E-state index in [9.17, 15) is 13.2 Å². The smallest absolute Gasteiger partial charge is 0.234 e. The summed E-state index contributed by atoms with van der Waals surface area (Å²) in [6.45, 7) is 4.31. The molecule has 0 aliphatic carbocycles. The van der Waals surface area contributed by atoms with E-state index in [4.69, 9.17) is 11.6 Å². The van der Waals surface area contributed by atoms with Crippen LogP contribution >= 0.6 is 11.6 Å². The second-order valence-electron chi connectivity index (χ2n) is 6.32. The third-order valence-corrected chi connectivity index (χ3v) is 6.00. The lowest BCUT2D eigenvalue weighted by molar-refractivity contribution is -0.121. The van der Waals surface area contributed by atoms with Crippen LogP contribution in [-0.2, 0) is 14.6 Å². The molecule has 1 amide bonds. The van der Waals surface area contributed by atoms with Crippen molar-refractivity contribution in [2.75, 3.05) is 18.1 Å². The van der Waals surface area contributed by atoms with E-state index >= 15 is 0 Å². The number of rotatable bonds is 6. The van der Waals surface area contributed by atoms with E-state index in [1.807, 2.05) is 24.3 Å². The molecule has 23 heavy (non-hydrogen) atoms. The van der Waals surface area contributed by atoms with Gasteiger partial charge >= 0.3 is 0 Å². The molecule has 128 valence electrons. The molecule has 7 heteroatoms. The van der Waals surface area contributed by atoms with Gasteiger partial charge in [0.25, 0.3) is 0 Å². The Labute approximate surface area is 142 Å². The maximum absolute atomic E-state index is 12.0. The number of carbonyl (C=O) groups is 1. The van der Waals surface area contributed by atoms with Crippen LogP contribution in [0.5, 0.6) is 0 Å². The monoisotopic (exact) mass is 358 g/mol. The first kappa shape index (κ1) is 18.2. The molecule has 2 rings (SSSR count). The van der Waals surface area contributed by atoms with E-state index in [1.165, 1.54) is 0 Å². The zero-order valence-corrected chi connectivity index (χ0v) is 15.0. The summed E-state index contributed by atoms with van der Waals surface area (Å²) in [5, 5.41) is 6.71. The fourth-order valence-corrected chi connectivity index (χ4v) is 4.60. The predicted molar refractivity (Wildman–Crippen MR) is 92.2 cm³/mol. The zero-order chi connectivity index (χ0) is 17.0. The van der Waals surface area contributed by atoms with Crippen molar-refractivity contribution in [3.8, 4) is 0 Å². The minimum Gasteiger partial charge on any atom is -0.351 e. The molecule has 0 aromatic heterocycles. The van der Waals surface area contributed by atoms with Gasteiger partial charge in [-0.15, -0.1) is 0 Å². The van der Waals surface area contributed by atoms with Gasteiger partial charge in [-0.3, -0.25) is 4.79 Å². The fourth-order valence-electron chi connectivity index (χ4n) is 2.80.